The zero-order valence-electron chi connectivity index (χ0n) is 15.3. The molecule has 26 heavy (non-hydrogen) atoms. The summed E-state index contributed by atoms with van der Waals surface area (Å²) in [6.07, 6.45) is 9.09. The van der Waals surface area contributed by atoms with Crippen LogP contribution in [0.25, 0.3) is 11.0 Å². The summed E-state index contributed by atoms with van der Waals surface area (Å²) in [6, 6.07) is 3.98. The van der Waals surface area contributed by atoms with Crippen molar-refractivity contribution in [3.63, 3.8) is 0 Å². The van der Waals surface area contributed by atoms with E-state index >= 15 is 0 Å². The Morgan fingerprint density at radius 1 is 1.15 bits per heavy atom. The fourth-order valence-electron chi connectivity index (χ4n) is 4.39. The minimum atomic E-state index is -0.111. The molecule has 0 unspecified atom stereocenters. The highest BCUT2D eigenvalue weighted by Gasteiger charge is 2.26. The number of aromatic nitrogens is 1. The zero-order chi connectivity index (χ0) is 17.9. The number of carbonyl (C=O) groups is 1. The molecule has 1 aliphatic carbocycles. The van der Waals surface area contributed by atoms with E-state index < -0.39 is 0 Å². The third kappa shape index (κ3) is 3.70. The number of furan rings is 1. The van der Waals surface area contributed by atoms with Crippen LogP contribution in [-0.4, -0.2) is 48.5 Å². The van der Waals surface area contributed by atoms with E-state index in [-0.39, 0.29) is 11.8 Å². The molecule has 3 heterocycles. The highest BCUT2D eigenvalue weighted by molar-refractivity contribution is 5.87. The van der Waals surface area contributed by atoms with Crippen molar-refractivity contribution < 1.29 is 9.21 Å². The third-order valence-electron chi connectivity index (χ3n) is 6.12. The Labute approximate surface area is 154 Å². The Morgan fingerprint density at radius 2 is 1.92 bits per heavy atom. The monoisotopic (exact) mass is 356 g/mol. The molecule has 2 fully saturated rings. The smallest absolute Gasteiger partial charge is 0.220 e. The molecule has 0 atom stereocenters. The molecule has 6 heteroatoms. The molecule has 0 spiro atoms. The van der Waals surface area contributed by atoms with Crippen LogP contribution in [0.4, 0.5) is 5.82 Å². The van der Waals surface area contributed by atoms with E-state index in [2.05, 4.69) is 14.8 Å². The van der Waals surface area contributed by atoms with Gasteiger partial charge >= 0.3 is 0 Å². The molecule has 140 valence electrons. The van der Waals surface area contributed by atoms with Crippen molar-refractivity contribution in [2.45, 2.75) is 32.1 Å². The lowest BCUT2D eigenvalue weighted by Crippen LogP contribution is -2.47. The van der Waals surface area contributed by atoms with Gasteiger partial charge in [-0.05, 0) is 56.7 Å². The minimum Gasteiger partial charge on any atom is -0.460 e. The predicted molar refractivity (Wildman–Crippen MR) is 102 cm³/mol. The van der Waals surface area contributed by atoms with E-state index in [1.54, 1.807) is 6.26 Å². The molecular weight excluding hydrogens is 328 g/mol. The Morgan fingerprint density at radius 3 is 2.65 bits per heavy atom. The molecule has 6 nitrogen and oxygen atoms in total. The summed E-state index contributed by atoms with van der Waals surface area (Å²) >= 11 is 0. The molecule has 4 rings (SSSR count). The molecule has 2 aromatic rings. The average Bonchev–Trinajstić information content (AvgIpc) is 3.16. The van der Waals surface area contributed by atoms with E-state index in [0.29, 0.717) is 0 Å². The van der Waals surface area contributed by atoms with Crippen LogP contribution in [-0.2, 0) is 4.79 Å². The topological polar surface area (TPSA) is 75.6 Å². The number of nitrogens with zero attached hydrogens (tertiary/aromatic N) is 3. The van der Waals surface area contributed by atoms with Crippen molar-refractivity contribution in [2.75, 3.05) is 37.6 Å². The van der Waals surface area contributed by atoms with Gasteiger partial charge in [0.15, 0.2) is 11.4 Å². The van der Waals surface area contributed by atoms with Gasteiger partial charge in [-0.25, -0.2) is 4.98 Å². The zero-order valence-corrected chi connectivity index (χ0v) is 15.3. The summed E-state index contributed by atoms with van der Waals surface area (Å²) in [5, 5.41) is 1.11. The number of nitrogens with two attached hydrogens (primary N) is 1. The van der Waals surface area contributed by atoms with Gasteiger partial charge < -0.3 is 15.1 Å². The number of hydrogen-bond acceptors (Lipinski definition) is 5. The average molecular weight is 356 g/mol. The van der Waals surface area contributed by atoms with E-state index in [4.69, 9.17) is 10.2 Å². The lowest BCUT2D eigenvalue weighted by atomic mass is 9.80. The molecule has 1 aliphatic heterocycles. The second-order valence-corrected chi connectivity index (χ2v) is 7.71. The SMILES string of the molecule is NC(=O)[C@H]1CC[C@H](CCN2CCN(c3nccc4ccoc34)CC2)CC1. The quantitative estimate of drug-likeness (QED) is 0.891. The molecule has 2 aromatic heterocycles. The molecule has 2 aliphatic rings. The van der Waals surface area contributed by atoms with Crippen molar-refractivity contribution in [3.05, 3.63) is 24.6 Å². The Bertz CT molecular complexity index is 743. The highest BCUT2D eigenvalue weighted by atomic mass is 16.3. The number of amides is 1. The first-order chi connectivity index (χ1) is 12.7. The Balaban J connectivity index is 1.24. The van der Waals surface area contributed by atoms with Crippen LogP contribution < -0.4 is 10.6 Å². The fourth-order valence-corrected chi connectivity index (χ4v) is 4.39. The van der Waals surface area contributed by atoms with Crippen LogP contribution >= 0.6 is 0 Å². The van der Waals surface area contributed by atoms with Gasteiger partial charge in [0.25, 0.3) is 0 Å². The summed E-state index contributed by atoms with van der Waals surface area (Å²) in [4.78, 5) is 20.7. The maximum absolute atomic E-state index is 11.3. The van der Waals surface area contributed by atoms with E-state index in [1.807, 2.05) is 18.3 Å². The first kappa shape index (κ1) is 17.3. The van der Waals surface area contributed by atoms with E-state index in [9.17, 15) is 4.79 Å². The number of hydrogen-bond donors (Lipinski definition) is 1. The van der Waals surface area contributed by atoms with Crippen molar-refractivity contribution in [2.24, 2.45) is 17.6 Å². The molecular formula is C20H28N4O2. The lowest BCUT2D eigenvalue weighted by Gasteiger charge is -2.36. The van der Waals surface area contributed by atoms with Gasteiger partial charge in [-0.2, -0.15) is 0 Å². The summed E-state index contributed by atoms with van der Waals surface area (Å²) < 4.78 is 5.63. The van der Waals surface area contributed by atoms with Crippen LogP contribution in [0, 0.1) is 11.8 Å². The van der Waals surface area contributed by atoms with E-state index in [1.165, 1.54) is 6.42 Å². The summed E-state index contributed by atoms with van der Waals surface area (Å²) in [5.74, 6) is 1.73. The highest BCUT2D eigenvalue weighted by Crippen LogP contribution is 2.31. The Hall–Kier alpha value is -2.08. The molecule has 0 aromatic carbocycles. The molecule has 1 saturated carbocycles. The van der Waals surface area contributed by atoms with E-state index in [0.717, 1.165) is 81.1 Å². The van der Waals surface area contributed by atoms with Crippen molar-refractivity contribution >= 4 is 22.7 Å². The van der Waals surface area contributed by atoms with Crippen LogP contribution in [0.15, 0.2) is 29.0 Å². The number of piperazine rings is 1. The van der Waals surface area contributed by atoms with Crippen molar-refractivity contribution in [1.29, 1.82) is 0 Å². The van der Waals surface area contributed by atoms with Gasteiger partial charge in [0.05, 0.1) is 6.26 Å². The first-order valence-electron chi connectivity index (χ1n) is 9.79. The number of fused-ring (bicyclic) bond motifs is 1. The van der Waals surface area contributed by atoms with Crippen molar-refractivity contribution in [1.82, 2.24) is 9.88 Å². The number of carbonyl (C=O) groups excluding carboxylic acids is 1. The number of pyridine rings is 1. The standard InChI is InChI=1S/C20H28N4O2/c21-19(25)17-3-1-15(2-4-17)6-9-23-10-12-24(13-11-23)20-18-16(5-8-22-20)7-14-26-18/h5,7-8,14-15,17H,1-4,6,9-13H2,(H2,21,25)/t15-,17-. The molecule has 0 bridgehead atoms. The summed E-state index contributed by atoms with van der Waals surface area (Å²) in [7, 11) is 0. The van der Waals surface area contributed by atoms with Gasteiger partial charge in [0.1, 0.15) is 0 Å². The number of anilines is 1. The largest absolute Gasteiger partial charge is 0.460 e. The summed E-state index contributed by atoms with van der Waals surface area (Å²) in [5.41, 5.74) is 6.32. The molecule has 1 amide bonds. The molecule has 2 N–H and O–H groups in total. The van der Waals surface area contributed by atoms with Gasteiger partial charge in [0.2, 0.25) is 5.91 Å². The third-order valence-corrected chi connectivity index (χ3v) is 6.12. The minimum absolute atomic E-state index is 0.111. The summed E-state index contributed by atoms with van der Waals surface area (Å²) in [6.45, 7) is 5.26. The molecule has 1 saturated heterocycles. The van der Waals surface area contributed by atoms with Crippen molar-refractivity contribution in [3.8, 4) is 0 Å². The van der Waals surface area contributed by atoms with Crippen LogP contribution in [0.5, 0.6) is 0 Å². The maximum Gasteiger partial charge on any atom is 0.220 e. The second-order valence-electron chi connectivity index (χ2n) is 7.71. The predicted octanol–water partition coefficient (Wildman–Crippen LogP) is 2.63. The lowest BCUT2D eigenvalue weighted by molar-refractivity contribution is -0.123. The Kier molecular flexibility index (Phi) is 5.11. The normalized spacial score (nSPS) is 24.8. The molecule has 0 radical (unpaired) electrons. The maximum atomic E-state index is 11.3. The second kappa shape index (κ2) is 7.66. The first-order valence-corrected chi connectivity index (χ1v) is 9.79. The van der Waals surface area contributed by atoms with Gasteiger partial charge in [0, 0.05) is 43.7 Å². The van der Waals surface area contributed by atoms with Crippen LogP contribution in [0.2, 0.25) is 0 Å². The van der Waals surface area contributed by atoms with Gasteiger partial charge in [-0.15, -0.1) is 0 Å². The van der Waals surface area contributed by atoms with Gasteiger partial charge in [-0.3, -0.25) is 9.69 Å². The number of rotatable bonds is 5. The van der Waals surface area contributed by atoms with Gasteiger partial charge in [-0.1, -0.05) is 0 Å². The fraction of sp³-hybridized carbons (Fsp3) is 0.600. The van der Waals surface area contributed by atoms with Crippen LogP contribution in [0.1, 0.15) is 32.1 Å². The van der Waals surface area contributed by atoms with Crippen LogP contribution in [0.3, 0.4) is 0 Å². The number of primary amides is 1.